The van der Waals surface area contributed by atoms with Gasteiger partial charge in [0.05, 0.1) is 0 Å². The van der Waals surface area contributed by atoms with Crippen molar-refractivity contribution >= 4 is 22.4 Å². The largest absolute Gasteiger partial charge is 0.317 e. The first-order valence-electron chi connectivity index (χ1n) is 8.11. The van der Waals surface area contributed by atoms with Gasteiger partial charge in [-0.25, -0.2) is 4.98 Å². The van der Waals surface area contributed by atoms with E-state index in [-0.39, 0.29) is 11.8 Å². The van der Waals surface area contributed by atoms with Gasteiger partial charge in [-0.2, -0.15) is 0 Å². The molecule has 0 aromatic carbocycles. The lowest BCUT2D eigenvalue weighted by Crippen LogP contribution is -2.44. The first-order chi connectivity index (χ1) is 10.2. The van der Waals surface area contributed by atoms with Crippen LogP contribution in [0.1, 0.15) is 56.2 Å². The average Bonchev–Trinajstić information content (AvgIpc) is 2.86. The van der Waals surface area contributed by atoms with Crippen LogP contribution in [0.2, 0.25) is 0 Å². The normalized spacial score (nSPS) is 32.5. The van der Waals surface area contributed by atoms with Crippen molar-refractivity contribution in [3.8, 4) is 0 Å². The molecular formula is C16H25N3OS. The Balaban J connectivity index is 1.56. The zero-order valence-electron chi connectivity index (χ0n) is 12.9. The Morgan fingerprint density at radius 2 is 2.10 bits per heavy atom. The highest BCUT2D eigenvalue weighted by Crippen LogP contribution is 2.40. The molecule has 21 heavy (non-hydrogen) atoms. The van der Waals surface area contributed by atoms with Crippen LogP contribution in [0.3, 0.4) is 0 Å². The second kappa shape index (κ2) is 6.44. The number of amides is 1. The molecule has 3 rings (SSSR count). The van der Waals surface area contributed by atoms with E-state index in [0.29, 0.717) is 12.0 Å². The SMILES string of the molecule is CN[C@H]1C[C@H](C(=O)Nc2ncc([C@@H]3CCCC[C@@H]3C)s2)C1. The summed E-state index contributed by atoms with van der Waals surface area (Å²) >= 11 is 1.67. The lowest BCUT2D eigenvalue weighted by atomic mass is 9.80. The van der Waals surface area contributed by atoms with Crippen molar-refractivity contribution in [3.63, 3.8) is 0 Å². The van der Waals surface area contributed by atoms with E-state index in [9.17, 15) is 4.79 Å². The number of thiazole rings is 1. The Kier molecular flexibility index (Phi) is 4.60. The quantitative estimate of drug-likeness (QED) is 0.896. The molecule has 116 valence electrons. The number of aromatic nitrogens is 1. The highest BCUT2D eigenvalue weighted by atomic mass is 32.1. The smallest absolute Gasteiger partial charge is 0.229 e. The molecule has 2 aliphatic carbocycles. The van der Waals surface area contributed by atoms with E-state index in [0.717, 1.165) is 23.9 Å². The summed E-state index contributed by atoms with van der Waals surface area (Å²) in [5, 5.41) is 6.99. The molecule has 0 bridgehead atoms. The van der Waals surface area contributed by atoms with Gasteiger partial charge in [-0.3, -0.25) is 4.79 Å². The first-order valence-corrected chi connectivity index (χ1v) is 8.93. The second-order valence-corrected chi connectivity index (χ2v) is 7.64. The van der Waals surface area contributed by atoms with Crippen molar-refractivity contribution in [1.29, 1.82) is 0 Å². The van der Waals surface area contributed by atoms with Crippen LogP contribution < -0.4 is 10.6 Å². The number of nitrogens with one attached hydrogen (secondary N) is 2. The molecule has 2 saturated carbocycles. The van der Waals surface area contributed by atoms with Crippen LogP contribution in [0, 0.1) is 11.8 Å². The number of carbonyl (C=O) groups is 1. The van der Waals surface area contributed by atoms with Gasteiger partial charge in [-0.1, -0.05) is 26.2 Å². The van der Waals surface area contributed by atoms with Gasteiger partial charge in [0.1, 0.15) is 0 Å². The van der Waals surface area contributed by atoms with Crippen LogP contribution in [-0.2, 0) is 4.79 Å². The first kappa shape index (κ1) is 15.0. The predicted octanol–water partition coefficient (Wildman–Crippen LogP) is 3.37. The van der Waals surface area contributed by atoms with Gasteiger partial charge in [0, 0.05) is 23.0 Å². The summed E-state index contributed by atoms with van der Waals surface area (Å²) in [6.07, 6.45) is 9.13. The molecule has 1 aromatic rings. The number of hydrogen-bond donors (Lipinski definition) is 2. The van der Waals surface area contributed by atoms with E-state index in [2.05, 4.69) is 22.5 Å². The fourth-order valence-corrected chi connectivity index (χ4v) is 4.62. The van der Waals surface area contributed by atoms with E-state index in [4.69, 9.17) is 0 Å². The maximum atomic E-state index is 12.1. The third kappa shape index (κ3) is 3.29. The Morgan fingerprint density at radius 3 is 2.81 bits per heavy atom. The van der Waals surface area contributed by atoms with Gasteiger partial charge < -0.3 is 10.6 Å². The molecule has 4 nitrogen and oxygen atoms in total. The van der Waals surface area contributed by atoms with Crippen molar-refractivity contribution in [1.82, 2.24) is 10.3 Å². The lowest BCUT2D eigenvalue weighted by molar-refractivity contribution is -0.122. The lowest BCUT2D eigenvalue weighted by Gasteiger charge is -2.33. The fourth-order valence-electron chi connectivity index (χ4n) is 3.53. The molecular weight excluding hydrogens is 282 g/mol. The summed E-state index contributed by atoms with van der Waals surface area (Å²) in [4.78, 5) is 17.9. The molecule has 0 aliphatic heterocycles. The third-order valence-electron chi connectivity index (χ3n) is 5.15. The number of rotatable bonds is 4. The molecule has 2 N–H and O–H groups in total. The summed E-state index contributed by atoms with van der Waals surface area (Å²) in [6, 6.07) is 0.510. The minimum Gasteiger partial charge on any atom is -0.317 e. The number of hydrogen-bond acceptors (Lipinski definition) is 4. The number of anilines is 1. The Hall–Kier alpha value is -0.940. The average molecular weight is 307 g/mol. The summed E-state index contributed by atoms with van der Waals surface area (Å²) in [5.74, 6) is 1.67. The molecule has 1 heterocycles. The van der Waals surface area contributed by atoms with Crippen LogP contribution >= 0.6 is 11.3 Å². The molecule has 0 unspecified atom stereocenters. The second-order valence-electron chi connectivity index (χ2n) is 6.58. The molecule has 5 heteroatoms. The highest BCUT2D eigenvalue weighted by molar-refractivity contribution is 7.15. The molecule has 2 fully saturated rings. The zero-order valence-corrected chi connectivity index (χ0v) is 13.7. The van der Waals surface area contributed by atoms with Crippen molar-refractivity contribution in [3.05, 3.63) is 11.1 Å². The number of carbonyl (C=O) groups excluding carboxylic acids is 1. The minimum absolute atomic E-state index is 0.138. The van der Waals surface area contributed by atoms with E-state index in [1.807, 2.05) is 13.2 Å². The van der Waals surface area contributed by atoms with E-state index >= 15 is 0 Å². The van der Waals surface area contributed by atoms with Gasteiger partial charge in [-0.05, 0) is 38.1 Å². The maximum Gasteiger partial charge on any atom is 0.229 e. The van der Waals surface area contributed by atoms with Crippen molar-refractivity contribution in [2.75, 3.05) is 12.4 Å². The zero-order chi connectivity index (χ0) is 14.8. The van der Waals surface area contributed by atoms with Crippen LogP contribution in [-0.4, -0.2) is 24.0 Å². The van der Waals surface area contributed by atoms with Gasteiger partial charge >= 0.3 is 0 Å². The van der Waals surface area contributed by atoms with E-state index in [1.165, 1.54) is 30.6 Å². The Morgan fingerprint density at radius 1 is 1.33 bits per heavy atom. The summed E-state index contributed by atoms with van der Waals surface area (Å²) in [6.45, 7) is 2.34. The molecule has 0 saturated heterocycles. The number of nitrogens with zero attached hydrogens (tertiary/aromatic N) is 1. The fraction of sp³-hybridized carbons (Fsp3) is 0.750. The standard InChI is InChI=1S/C16H25N3OS/c1-10-5-3-4-6-13(10)14-9-18-16(21-14)19-15(20)11-7-12(8-11)17-2/h9-13,17H,3-8H2,1-2H3,(H,18,19,20)/t10-,11-,12-,13+/m0/s1. The Bertz CT molecular complexity index is 495. The summed E-state index contributed by atoms with van der Waals surface area (Å²) < 4.78 is 0. The van der Waals surface area contributed by atoms with Gasteiger partial charge in [0.2, 0.25) is 5.91 Å². The summed E-state index contributed by atoms with van der Waals surface area (Å²) in [5.41, 5.74) is 0. The van der Waals surface area contributed by atoms with Crippen molar-refractivity contribution < 1.29 is 4.79 Å². The molecule has 1 aromatic heterocycles. The molecule has 2 atom stereocenters. The van der Waals surface area contributed by atoms with Gasteiger partial charge in [0.15, 0.2) is 5.13 Å². The third-order valence-corrected chi connectivity index (χ3v) is 6.19. The highest BCUT2D eigenvalue weighted by Gasteiger charge is 2.34. The monoisotopic (exact) mass is 307 g/mol. The van der Waals surface area contributed by atoms with Gasteiger partial charge in [0.25, 0.3) is 0 Å². The Labute approximate surface area is 130 Å². The van der Waals surface area contributed by atoms with Crippen molar-refractivity contribution in [2.24, 2.45) is 11.8 Å². The van der Waals surface area contributed by atoms with Crippen molar-refractivity contribution in [2.45, 2.75) is 57.4 Å². The van der Waals surface area contributed by atoms with E-state index in [1.54, 1.807) is 11.3 Å². The van der Waals surface area contributed by atoms with E-state index < -0.39 is 0 Å². The molecule has 0 spiro atoms. The molecule has 0 radical (unpaired) electrons. The van der Waals surface area contributed by atoms with Crippen LogP contribution in [0.15, 0.2) is 6.20 Å². The van der Waals surface area contributed by atoms with Crippen LogP contribution in [0.25, 0.3) is 0 Å². The minimum atomic E-state index is 0.138. The van der Waals surface area contributed by atoms with Gasteiger partial charge in [-0.15, -0.1) is 11.3 Å². The van der Waals surface area contributed by atoms with Crippen LogP contribution in [0.5, 0.6) is 0 Å². The van der Waals surface area contributed by atoms with Crippen LogP contribution in [0.4, 0.5) is 5.13 Å². The molecule has 2 aliphatic rings. The topological polar surface area (TPSA) is 54.0 Å². The molecule has 1 amide bonds. The summed E-state index contributed by atoms with van der Waals surface area (Å²) in [7, 11) is 1.96. The predicted molar refractivity (Wildman–Crippen MR) is 86.7 cm³/mol. The maximum absolute atomic E-state index is 12.1.